The third-order valence-corrected chi connectivity index (χ3v) is 5.87. The number of unbranched alkanes of at least 4 members (excludes halogenated alkanes) is 14. The van der Waals surface area contributed by atoms with Crippen LogP contribution in [0.3, 0.4) is 0 Å². The van der Waals surface area contributed by atoms with Gasteiger partial charge in [0.1, 0.15) is 0 Å². The van der Waals surface area contributed by atoms with Gasteiger partial charge in [-0.2, -0.15) is 0 Å². The summed E-state index contributed by atoms with van der Waals surface area (Å²) in [7, 11) is 0. The maximum absolute atomic E-state index is 5.77. The van der Waals surface area contributed by atoms with Gasteiger partial charge < -0.3 is 4.90 Å². The molecule has 0 bridgehead atoms. The van der Waals surface area contributed by atoms with E-state index in [1.807, 2.05) is 0 Å². The first-order valence-corrected chi connectivity index (χ1v) is 12.4. The van der Waals surface area contributed by atoms with Crippen molar-refractivity contribution in [2.75, 3.05) is 13.1 Å². The van der Waals surface area contributed by atoms with E-state index in [0.717, 1.165) is 6.42 Å². The standard InChI is InChI=1S/C24H49NS/c1-4-7-10-11-12-13-14-15-16-17-18-21-24(26)25(22-19-8-5-2)23-20-9-6-3/h4-23H2,1-3H3. The van der Waals surface area contributed by atoms with E-state index in [1.165, 1.54) is 127 Å². The molecular weight excluding hydrogens is 334 g/mol. The van der Waals surface area contributed by atoms with E-state index in [0.29, 0.717) is 0 Å². The summed E-state index contributed by atoms with van der Waals surface area (Å²) in [6, 6.07) is 0. The molecule has 0 rings (SSSR count). The molecule has 0 radical (unpaired) electrons. The summed E-state index contributed by atoms with van der Waals surface area (Å²) in [5.41, 5.74) is 0. The Kier molecular flexibility index (Phi) is 21.1. The molecule has 0 atom stereocenters. The zero-order valence-electron chi connectivity index (χ0n) is 18.5. The van der Waals surface area contributed by atoms with Gasteiger partial charge in [-0.3, -0.25) is 0 Å². The van der Waals surface area contributed by atoms with E-state index < -0.39 is 0 Å². The molecule has 0 saturated heterocycles. The Morgan fingerprint density at radius 2 is 0.846 bits per heavy atom. The van der Waals surface area contributed by atoms with Gasteiger partial charge in [-0.15, -0.1) is 0 Å². The fraction of sp³-hybridized carbons (Fsp3) is 0.958. The van der Waals surface area contributed by atoms with E-state index in [1.54, 1.807) is 0 Å². The van der Waals surface area contributed by atoms with Crippen LogP contribution in [0.1, 0.15) is 136 Å². The lowest BCUT2D eigenvalue weighted by molar-refractivity contribution is 0.388. The van der Waals surface area contributed by atoms with Crippen molar-refractivity contribution < 1.29 is 0 Å². The molecule has 0 amide bonds. The molecule has 0 aliphatic heterocycles. The molecule has 0 aliphatic rings. The predicted octanol–water partition coefficient (Wildman–Crippen LogP) is 8.70. The highest BCUT2D eigenvalue weighted by atomic mass is 32.1. The average Bonchev–Trinajstić information content (AvgIpc) is 2.65. The van der Waals surface area contributed by atoms with Crippen molar-refractivity contribution in [2.24, 2.45) is 0 Å². The molecular formula is C24H49NS. The smallest absolute Gasteiger partial charge is 0.0779 e. The second-order valence-electron chi connectivity index (χ2n) is 8.08. The Balaban J connectivity index is 3.66. The number of hydrogen-bond acceptors (Lipinski definition) is 1. The lowest BCUT2D eigenvalue weighted by Gasteiger charge is -2.25. The fourth-order valence-electron chi connectivity index (χ4n) is 3.57. The average molecular weight is 384 g/mol. The first-order valence-electron chi connectivity index (χ1n) is 12.0. The van der Waals surface area contributed by atoms with Crippen LogP contribution in [0, 0.1) is 0 Å². The van der Waals surface area contributed by atoms with Crippen LogP contribution < -0.4 is 0 Å². The van der Waals surface area contributed by atoms with Gasteiger partial charge in [0.25, 0.3) is 0 Å². The molecule has 2 heteroatoms. The van der Waals surface area contributed by atoms with Crippen LogP contribution in [0.15, 0.2) is 0 Å². The maximum Gasteiger partial charge on any atom is 0.0779 e. The number of hydrogen-bond donors (Lipinski definition) is 0. The van der Waals surface area contributed by atoms with Crippen LogP contribution in [0.25, 0.3) is 0 Å². The van der Waals surface area contributed by atoms with Gasteiger partial charge in [-0.25, -0.2) is 0 Å². The van der Waals surface area contributed by atoms with Gasteiger partial charge in [-0.05, 0) is 25.7 Å². The van der Waals surface area contributed by atoms with Crippen LogP contribution >= 0.6 is 12.2 Å². The SMILES string of the molecule is CCCCCCCCCCCCCC(=S)N(CCCCC)CCCCC. The summed E-state index contributed by atoms with van der Waals surface area (Å²) in [5.74, 6) is 0. The molecule has 0 fully saturated rings. The van der Waals surface area contributed by atoms with Gasteiger partial charge >= 0.3 is 0 Å². The second-order valence-corrected chi connectivity index (χ2v) is 8.55. The van der Waals surface area contributed by atoms with Crippen molar-refractivity contribution in [3.63, 3.8) is 0 Å². The molecule has 0 spiro atoms. The maximum atomic E-state index is 5.77. The normalized spacial score (nSPS) is 11.0. The van der Waals surface area contributed by atoms with Crippen molar-refractivity contribution >= 4 is 17.2 Å². The zero-order chi connectivity index (χ0) is 19.3. The quantitative estimate of drug-likeness (QED) is 0.153. The van der Waals surface area contributed by atoms with Gasteiger partial charge in [0.15, 0.2) is 0 Å². The molecule has 0 aromatic heterocycles. The van der Waals surface area contributed by atoms with E-state index in [4.69, 9.17) is 12.2 Å². The third-order valence-electron chi connectivity index (χ3n) is 5.41. The summed E-state index contributed by atoms with van der Waals surface area (Å²) < 4.78 is 0. The predicted molar refractivity (Wildman–Crippen MR) is 124 cm³/mol. The van der Waals surface area contributed by atoms with E-state index in [9.17, 15) is 0 Å². The van der Waals surface area contributed by atoms with Crippen molar-refractivity contribution in [2.45, 2.75) is 136 Å². The lowest BCUT2D eigenvalue weighted by atomic mass is 10.1. The Morgan fingerprint density at radius 3 is 1.27 bits per heavy atom. The van der Waals surface area contributed by atoms with Crippen LogP contribution in [-0.4, -0.2) is 23.0 Å². The molecule has 26 heavy (non-hydrogen) atoms. The molecule has 156 valence electrons. The van der Waals surface area contributed by atoms with E-state index in [-0.39, 0.29) is 0 Å². The number of rotatable bonds is 20. The largest absolute Gasteiger partial charge is 0.366 e. The minimum absolute atomic E-state index is 1.14. The van der Waals surface area contributed by atoms with Crippen molar-refractivity contribution in [1.29, 1.82) is 0 Å². The fourth-order valence-corrected chi connectivity index (χ4v) is 3.89. The minimum atomic E-state index is 1.14. The van der Waals surface area contributed by atoms with Gasteiger partial charge in [-0.1, -0.05) is 123 Å². The molecule has 0 saturated carbocycles. The van der Waals surface area contributed by atoms with Crippen LogP contribution in [0.2, 0.25) is 0 Å². The third kappa shape index (κ3) is 17.3. The first-order chi connectivity index (χ1) is 12.8. The summed E-state index contributed by atoms with van der Waals surface area (Å²) in [5, 5.41) is 0. The zero-order valence-corrected chi connectivity index (χ0v) is 19.3. The van der Waals surface area contributed by atoms with Crippen LogP contribution in [-0.2, 0) is 0 Å². The molecule has 0 aliphatic carbocycles. The molecule has 0 aromatic rings. The van der Waals surface area contributed by atoms with Crippen molar-refractivity contribution in [3.05, 3.63) is 0 Å². The van der Waals surface area contributed by atoms with Gasteiger partial charge in [0.05, 0.1) is 4.99 Å². The molecule has 0 N–H and O–H groups in total. The highest BCUT2D eigenvalue weighted by Crippen LogP contribution is 2.13. The van der Waals surface area contributed by atoms with E-state index in [2.05, 4.69) is 25.7 Å². The lowest BCUT2D eigenvalue weighted by Crippen LogP contribution is -2.31. The van der Waals surface area contributed by atoms with Gasteiger partial charge in [0, 0.05) is 13.1 Å². The highest BCUT2D eigenvalue weighted by Gasteiger charge is 2.08. The Labute approximate surface area is 171 Å². The van der Waals surface area contributed by atoms with Crippen molar-refractivity contribution in [3.8, 4) is 0 Å². The first kappa shape index (κ1) is 25.9. The summed E-state index contributed by atoms with van der Waals surface area (Å²) in [4.78, 5) is 3.77. The minimum Gasteiger partial charge on any atom is -0.366 e. The second kappa shape index (κ2) is 21.2. The Bertz CT molecular complexity index is 280. The Hall–Kier alpha value is -0.110. The van der Waals surface area contributed by atoms with Crippen LogP contribution in [0.5, 0.6) is 0 Å². The molecule has 0 unspecified atom stereocenters. The van der Waals surface area contributed by atoms with E-state index >= 15 is 0 Å². The molecule has 0 aromatic carbocycles. The Morgan fingerprint density at radius 1 is 0.500 bits per heavy atom. The molecule has 0 heterocycles. The van der Waals surface area contributed by atoms with Crippen LogP contribution in [0.4, 0.5) is 0 Å². The molecule has 1 nitrogen and oxygen atoms in total. The van der Waals surface area contributed by atoms with Crippen molar-refractivity contribution in [1.82, 2.24) is 4.90 Å². The number of thiocarbonyl (C=S) groups is 1. The topological polar surface area (TPSA) is 3.24 Å². The van der Waals surface area contributed by atoms with Gasteiger partial charge in [0.2, 0.25) is 0 Å². The summed E-state index contributed by atoms with van der Waals surface area (Å²) >= 11 is 5.77. The number of nitrogens with zero attached hydrogens (tertiary/aromatic N) is 1. The monoisotopic (exact) mass is 383 g/mol. The summed E-state index contributed by atoms with van der Waals surface area (Å²) in [6.07, 6.45) is 24.6. The summed E-state index contributed by atoms with van der Waals surface area (Å²) in [6.45, 7) is 9.24. The highest BCUT2D eigenvalue weighted by molar-refractivity contribution is 7.80.